The molecule has 2 heteroatoms. The average molecular weight is 276 g/mol. The van der Waals surface area contributed by atoms with E-state index in [1.54, 1.807) is 0 Å². The monoisotopic (exact) mass is 276 g/mol. The fourth-order valence-electron chi connectivity index (χ4n) is 2.71. The lowest BCUT2D eigenvalue weighted by Gasteiger charge is -2.16. The molecule has 3 aromatic rings. The van der Waals surface area contributed by atoms with Crippen molar-refractivity contribution in [2.24, 2.45) is 0 Å². The predicted octanol–water partition coefficient (Wildman–Crippen LogP) is 4.05. The summed E-state index contributed by atoms with van der Waals surface area (Å²) in [5.74, 6) is 0. The Morgan fingerprint density at radius 2 is 1.86 bits per heavy atom. The number of aromatic nitrogens is 1. The molecule has 1 atom stereocenters. The molecular weight excluding hydrogens is 256 g/mol. The number of para-hydroxylation sites is 1. The zero-order valence-corrected chi connectivity index (χ0v) is 12.5. The molecular formula is C19H20N2. The van der Waals surface area contributed by atoms with Crippen molar-refractivity contribution in [1.82, 2.24) is 10.3 Å². The lowest BCUT2D eigenvalue weighted by atomic mass is 10.0. The smallest absolute Gasteiger partial charge is 0.0706 e. The van der Waals surface area contributed by atoms with E-state index in [1.807, 2.05) is 19.2 Å². The van der Waals surface area contributed by atoms with Crippen LogP contribution in [0.4, 0.5) is 0 Å². The van der Waals surface area contributed by atoms with Crippen molar-refractivity contribution in [3.8, 4) is 0 Å². The third-order valence-electron chi connectivity index (χ3n) is 3.85. The van der Waals surface area contributed by atoms with Crippen molar-refractivity contribution in [2.75, 3.05) is 7.05 Å². The van der Waals surface area contributed by atoms with Crippen LogP contribution < -0.4 is 5.32 Å². The summed E-state index contributed by atoms with van der Waals surface area (Å²) in [4.78, 5) is 4.80. The van der Waals surface area contributed by atoms with Gasteiger partial charge in [0.05, 0.1) is 17.3 Å². The molecule has 0 spiro atoms. The average Bonchev–Trinajstić information content (AvgIpc) is 2.52. The van der Waals surface area contributed by atoms with Crippen molar-refractivity contribution in [2.45, 2.75) is 19.4 Å². The number of hydrogen-bond acceptors (Lipinski definition) is 2. The molecule has 0 aliphatic heterocycles. The summed E-state index contributed by atoms with van der Waals surface area (Å²) in [6.07, 6.45) is 0.948. The highest BCUT2D eigenvalue weighted by Crippen LogP contribution is 2.20. The van der Waals surface area contributed by atoms with Gasteiger partial charge in [-0.25, -0.2) is 0 Å². The van der Waals surface area contributed by atoms with Crippen LogP contribution in [0.5, 0.6) is 0 Å². The van der Waals surface area contributed by atoms with Crippen molar-refractivity contribution in [3.05, 3.63) is 77.5 Å². The van der Waals surface area contributed by atoms with Crippen LogP contribution in [0.25, 0.3) is 10.9 Å². The van der Waals surface area contributed by atoms with Crippen LogP contribution in [0.2, 0.25) is 0 Å². The van der Waals surface area contributed by atoms with E-state index in [0.717, 1.165) is 17.6 Å². The molecule has 0 radical (unpaired) electrons. The second-order valence-electron chi connectivity index (χ2n) is 5.46. The standard InChI is InChI=1S/C19H20N2/c1-14-6-5-7-15(12-14)13-19(20-2)18-11-10-16-8-3-4-9-17(16)21-18/h3-12,19-20H,13H2,1-2H3. The number of fused-ring (bicyclic) bond motifs is 1. The number of nitrogens with zero attached hydrogens (tertiary/aromatic N) is 1. The Morgan fingerprint density at radius 1 is 1.00 bits per heavy atom. The second kappa shape index (κ2) is 6.06. The van der Waals surface area contributed by atoms with Gasteiger partial charge in [0.2, 0.25) is 0 Å². The predicted molar refractivity (Wildman–Crippen MR) is 88.4 cm³/mol. The largest absolute Gasteiger partial charge is 0.311 e. The van der Waals surface area contributed by atoms with Gasteiger partial charge in [0.15, 0.2) is 0 Å². The van der Waals surface area contributed by atoms with Crippen LogP contribution in [0.1, 0.15) is 22.9 Å². The zero-order valence-electron chi connectivity index (χ0n) is 12.5. The first kappa shape index (κ1) is 13.8. The normalized spacial score (nSPS) is 12.5. The maximum atomic E-state index is 4.80. The Balaban J connectivity index is 1.90. The van der Waals surface area contributed by atoms with Gasteiger partial charge in [-0.05, 0) is 38.1 Å². The molecule has 0 aliphatic carbocycles. The molecule has 2 aromatic carbocycles. The Hall–Kier alpha value is -2.19. The second-order valence-corrected chi connectivity index (χ2v) is 5.46. The first-order valence-corrected chi connectivity index (χ1v) is 7.35. The first-order chi connectivity index (χ1) is 10.3. The third kappa shape index (κ3) is 3.11. The van der Waals surface area contributed by atoms with Gasteiger partial charge in [-0.15, -0.1) is 0 Å². The topological polar surface area (TPSA) is 24.9 Å². The molecule has 2 nitrogen and oxygen atoms in total. The maximum Gasteiger partial charge on any atom is 0.0706 e. The fourth-order valence-corrected chi connectivity index (χ4v) is 2.71. The number of benzene rings is 2. The number of hydrogen-bond donors (Lipinski definition) is 1. The van der Waals surface area contributed by atoms with E-state index >= 15 is 0 Å². The molecule has 1 aromatic heterocycles. The molecule has 0 bridgehead atoms. The lowest BCUT2D eigenvalue weighted by molar-refractivity contribution is 0.578. The molecule has 0 saturated carbocycles. The molecule has 1 N–H and O–H groups in total. The summed E-state index contributed by atoms with van der Waals surface area (Å²) in [5, 5.41) is 4.58. The fraction of sp³-hybridized carbons (Fsp3) is 0.211. The van der Waals surface area contributed by atoms with Crippen LogP contribution >= 0.6 is 0 Å². The summed E-state index contributed by atoms with van der Waals surface area (Å²) >= 11 is 0. The van der Waals surface area contributed by atoms with Crippen LogP contribution in [0.3, 0.4) is 0 Å². The van der Waals surface area contributed by atoms with Crippen LogP contribution in [-0.2, 0) is 6.42 Å². The molecule has 0 fully saturated rings. The van der Waals surface area contributed by atoms with Gasteiger partial charge in [0.1, 0.15) is 0 Å². The Labute approximate surface area is 125 Å². The van der Waals surface area contributed by atoms with Crippen LogP contribution in [0, 0.1) is 6.92 Å². The summed E-state index contributed by atoms with van der Waals surface area (Å²) in [7, 11) is 2.00. The van der Waals surface area contributed by atoms with Crippen LogP contribution in [-0.4, -0.2) is 12.0 Å². The highest BCUT2D eigenvalue weighted by Gasteiger charge is 2.12. The summed E-state index contributed by atoms with van der Waals surface area (Å²) in [5.41, 5.74) is 4.79. The number of nitrogens with one attached hydrogen (secondary N) is 1. The quantitative estimate of drug-likeness (QED) is 0.777. The molecule has 3 rings (SSSR count). The van der Waals surface area contributed by atoms with E-state index in [4.69, 9.17) is 4.98 Å². The Bertz CT molecular complexity index is 749. The van der Waals surface area contributed by atoms with Gasteiger partial charge in [-0.2, -0.15) is 0 Å². The summed E-state index contributed by atoms with van der Waals surface area (Å²) in [6.45, 7) is 2.13. The molecule has 0 saturated heterocycles. The highest BCUT2D eigenvalue weighted by atomic mass is 14.9. The maximum absolute atomic E-state index is 4.80. The van der Waals surface area contributed by atoms with E-state index in [1.165, 1.54) is 16.5 Å². The van der Waals surface area contributed by atoms with Crippen molar-refractivity contribution in [1.29, 1.82) is 0 Å². The minimum atomic E-state index is 0.233. The van der Waals surface area contributed by atoms with E-state index in [0.29, 0.717) is 0 Å². The number of rotatable bonds is 4. The Morgan fingerprint density at radius 3 is 2.67 bits per heavy atom. The lowest BCUT2D eigenvalue weighted by Crippen LogP contribution is -2.20. The number of likely N-dealkylation sites (N-methyl/N-ethyl adjacent to an activating group) is 1. The van der Waals surface area contributed by atoms with E-state index in [-0.39, 0.29) is 6.04 Å². The Kier molecular flexibility index (Phi) is 3.98. The van der Waals surface area contributed by atoms with Gasteiger partial charge in [0.25, 0.3) is 0 Å². The van der Waals surface area contributed by atoms with Crippen LogP contribution in [0.15, 0.2) is 60.7 Å². The molecule has 1 unspecified atom stereocenters. The summed E-state index contributed by atoms with van der Waals surface area (Å²) < 4.78 is 0. The van der Waals surface area contributed by atoms with E-state index in [2.05, 4.69) is 60.8 Å². The SMILES string of the molecule is CNC(Cc1cccc(C)c1)c1ccc2ccccc2n1. The van der Waals surface area contributed by atoms with Gasteiger partial charge in [0, 0.05) is 5.39 Å². The van der Waals surface area contributed by atoms with E-state index in [9.17, 15) is 0 Å². The van der Waals surface area contributed by atoms with Gasteiger partial charge < -0.3 is 5.32 Å². The highest BCUT2D eigenvalue weighted by molar-refractivity contribution is 5.78. The number of aryl methyl sites for hydroxylation is 1. The molecule has 0 amide bonds. The molecule has 106 valence electrons. The first-order valence-electron chi connectivity index (χ1n) is 7.35. The van der Waals surface area contributed by atoms with E-state index < -0.39 is 0 Å². The van der Waals surface area contributed by atoms with Crippen molar-refractivity contribution >= 4 is 10.9 Å². The number of pyridine rings is 1. The molecule has 0 aliphatic rings. The zero-order chi connectivity index (χ0) is 14.7. The van der Waals surface area contributed by atoms with Gasteiger partial charge in [-0.1, -0.05) is 54.1 Å². The minimum Gasteiger partial charge on any atom is -0.311 e. The van der Waals surface area contributed by atoms with Crippen molar-refractivity contribution in [3.63, 3.8) is 0 Å². The minimum absolute atomic E-state index is 0.233. The van der Waals surface area contributed by atoms with Gasteiger partial charge >= 0.3 is 0 Å². The molecule has 1 heterocycles. The summed E-state index contributed by atoms with van der Waals surface area (Å²) in [6, 6.07) is 21.4. The van der Waals surface area contributed by atoms with Crippen molar-refractivity contribution < 1.29 is 0 Å². The third-order valence-corrected chi connectivity index (χ3v) is 3.85. The molecule has 21 heavy (non-hydrogen) atoms. The van der Waals surface area contributed by atoms with Gasteiger partial charge in [-0.3, -0.25) is 4.98 Å².